The maximum absolute atomic E-state index is 12.0. The predicted octanol–water partition coefficient (Wildman–Crippen LogP) is 2.71. The molecule has 2 aromatic rings. The molecule has 0 atom stereocenters. The second-order valence-corrected chi connectivity index (χ2v) is 6.90. The van der Waals surface area contributed by atoms with Crippen LogP contribution >= 0.6 is 0 Å². The maximum Gasteiger partial charge on any atom is 0.232 e. The molecule has 5 nitrogen and oxygen atoms in total. The van der Waals surface area contributed by atoms with Crippen molar-refractivity contribution in [3.05, 3.63) is 29.5 Å². The van der Waals surface area contributed by atoms with E-state index in [9.17, 15) is 13.2 Å². The summed E-state index contributed by atoms with van der Waals surface area (Å²) in [6.45, 7) is 1.57. The third kappa shape index (κ3) is 2.20. The normalized spacial score (nSPS) is 15.3. The highest BCUT2D eigenvalue weighted by Crippen LogP contribution is 2.33. The number of benzene rings is 1. The van der Waals surface area contributed by atoms with Crippen LogP contribution < -0.4 is 4.72 Å². The highest BCUT2D eigenvalue weighted by molar-refractivity contribution is 7.92. The van der Waals surface area contributed by atoms with Crippen LogP contribution in [0.2, 0.25) is 0 Å². The first-order valence-corrected chi connectivity index (χ1v) is 8.24. The predicted molar refractivity (Wildman–Crippen MR) is 76.6 cm³/mol. The summed E-state index contributed by atoms with van der Waals surface area (Å²) in [7, 11) is -3.32. The van der Waals surface area contributed by atoms with Gasteiger partial charge in [-0.2, -0.15) is 0 Å². The number of sulfonamides is 1. The van der Waals surface area contributed by atoms with Gasteiger partial charge in [-0.05, 0) is 31.5 Å². The number of hydrogen-bond acceptors (Lipinski definition) is 4. The van der Waals surface area contributed by atoms with E-state index in [1.165, 1.54) is 0 Å². The average molecular weight is 293 g/mol. The van der Waals surface area contributed by atoms with Crippen molar-refractivity contribution < 1.29 is 17.6 Å². The van der Waals surface area contributed by atoms with Gasteiger partial charge in [0, 0.05) is 23.9 Å². The monoisotopic (exact) mass is 293 g/mol. The Hall–Kier alpha value is -1.82. The summed E-state index contributed by atoms with van der Waals surface area (Å²) in [5, 5.41) is 0.695. The molecule has 106 valence electrons. The van der Waals surface area contributed by atoms with Gasteiger partial charge in [0.15, 0.2) is 5.78 Å². The lowest BCUT2D eigenvalue weighted by Crippen LogP contribution is -2.14. The Bertz CT molecular complexity index is 789. The number of hydrogen-bond donors (Lipinski definition) is 1. The van der Waals surface area contributed by atoms with E-state index in [-0.39, 0.29) is 11.5 Å². The number of carbonyl (C=O) groups excluding carboxylic acids is 1. The topological polar surface area (TPSA) is 76.4 Å². The van der Waals surface area contributed by atoms with Gasteiger partial charge in [-0.15, -0.1) is 0 Å². The van der Waals surface area contributed by atoms with Gasteiger partial charge in [-0.3, -0.25) is 9.52 Å². The van der Waals surface area contributed by atoms with Crippen molar-refractivity contribution in [3.8, 4) is 0 Å². The Labute approximate surface area is 117 Å². The molecule has 1 aliphatic rings. The van der Waals surface area contributed by atoms with E-state index < -0.39 is 10.0 Å². The van der Waals surface area contributed by atoms with Crippen LogP contribution in [0.15, 0.2) is 22.6 Å². The standard InChI is InChI=1S/C14H15NO4S/c1-2-20(17,18)15-9-6-7-12-10(8-9)14-11(16)4-3-5-13(14)19-12/h6-8,15H,2-5H2,1H3. The highest BCUT2D eigenvalue weighted by atomic mass is 32.2. The minimum atomic E-state index is -3.32. The fraction of sp³-hybridized carbons (Fsp3) is 0.357. The second kappa shape index (κ2) is 4.63. The number of fused-ring (bicyclic) bond motifs is 3. The smallest absolute Gasteiger partial charge is 0.232 e. The quantitative estimate of drug-likeness (QED) is 0.944. The van der Waals surface area contributed by atoms with Gasteiger partial charge < -0.3 is 4.42 Å². The van der Waals surface area contributed by atoms with E-state index in [1.807, 2.05) is 0 Å². The number of ketones is 1. The number of rotatable bonds is 3. The molecule has 1 aromatic heterocycles. The molecule has 0 fully saturated rings. The Morgan fingerprint density at radius 3 is 2.85 bits per heavy atom. The van der Waals surface area contributed by atoms with Crippen molar-refractivity contribution in [2.75, 3.05) is 10.5 Å². The minimum Gasteiger partial charge on any atom is -0.460 e. The minimum absolute atomic E-state index is 0.00740. The van der Waals surface area contributed by atoms with Crippen LogP contribution in [0.4, 0.5) is 5.69 Å². The molecule has 1 aliphatic carbocycles. The molecule has 0 unspecified atom stereocenters. The second-order valence-electron chi connectivity index (χ2n) is 4.89. The molecule has 0 bridgehead atoms. The number of furan rings is 1. The number of carbonyl (C=O) groups is 1. The van der Waals surface area contributed by atoms with Crippen molar-refractivity contribution in [2.24, 2.45) is 0 Å². The largest absolute Gasteiger partial charge is 0.460 e. The SMILES string of the molecule is CCS(=O)(=O)Nc1ccc2oc3c(c2c1)C(=O)CCC3. The lowest BCUT2D eigenvalue weighted by atomic mass is 9.94. The summed E-state index contributed by atoms with van der Waals surface area (Å²) in [6, 6.07) is 5.03. The summed E-state index contributed by atoms with van der Waals surface area (Å²) in [6.07, 6.45) is 2.08. The molecule has 0 saturated heterocycles. The molecule has 0 radical (unpaired) electrons. The van der Waals surface area contributed by atoms with E-state index in [0.717, 1.165) is 12.8 Å². The zero-order valence-electron chi connectivity index (χ0n) is 11.1. The Morgan fingerprint density at radius 2 is 2.10 bits per heavy atom. The third-order valence-corrected chi connectivity index (χ3v) is 4.81. The summed E-state index contributed by atoms with van der Waals surface area (Å²) >= 11 is 0. The van der Waals surface area contributed by atoms with Crippen molar-refractivity contribution >= 4 is 32.5 Å². The fourth-order valence-electron chi connectivity index (χ4n) is 2.48. The van der Waals surface area contributed by atoms with Gasteiger partial charge in [-0.1, -0.05) is 0 Å². The highest BCUT2D eigenvalue weighted by Gasteiger charge is 2.24. The molecule has 20 heavy (non-hydrogen) atoms. The van der Waals surface area contributed by atoms with Gasteiger partial charge in [0.25, 0.3) is 0 Å². The molecule has 3 rings (SSSR count). The van der Waals surface area contributed by atoms with Gasteiger partial charge in [0.05, 0.1) is 11.3 Å². The fourth-order valence-corrected chi connectivity index (χ4v) is 3.11. The van der Waals surface area contributed by atoms with E-state index in [1.54, 1.807) is 25.1 Å². The van der Waals surface area contributed by atoms with Crippen molar-refractivity contribution in [2.45, 2.75) is 26.2 Å². The van der Waals surface area contributed by atoms with Crippen LogP contribution in [0, 0.1) is 0 Å². The average Bonchev–Trinajstić information content (AvgIpc) is 2.77. The van der Waals surface area contributed by atoms with E-state index in [4.69, 9.17) is 4.42 Å². The van der Waals surface area contributed by atoms with Crippen LogP contribution in [0.3, 0.4) is 0 Å². The van der Waals surface area contributed by atoms with E-state index in [2.05, 4.69) is 4.72 Å². The van der Waals surface area contributed by atoms with Gasteiger partial charge in [0.1, 0.15) is 11.3 Å². The summed E-state index contributed by atoms with van der Waals surface area (Å²) in [4.78, 5) is 12.0. The van der Waals surface area contributed by atoms with Crippen molar-refractivity contribution in [1.29, 1.82) is 0 Å². The molecular formula is C14H15NO4S. The Morgan fingerprint density at radius 1 is 1.30 bits per heavy atom. The molecule has 1 N–H and O–H groups in total. The maximum atomic E-state index is 12.0. The van der Waals surface area contributed by atoms with Crippen molar-refractivity contribution in [1.82, 2.24) is 0 Å². The van der Waals surface area contributed by atoms with Crippen molar-refractivity contribution in [3.63, 3.8) is 0 Å². The van der Waals surface area contributed by atoms with Gasteiger partial charge >= 0.3 is 0 Å². The van der Waals surface area contributed by atoms with Crippen LogP contribution in [-0.4, -0.2) is 20.0 Å². The van der Waals surface area contributed by atoms with Crippen LogP contribution in [0.1, 0.15) is 35.9 Å². The van der Waals surface area contributed by atoms with Gasteiger partial charge in [-0.25, -0.2) is 8.42 Å². The number of Topliss-reactive ketones (excluding diaryl/α,β-unsaturated/α-hetero) is 1. The molecule has 1 aromatic carbocycles. The Kier molecular flexibility index (Phi) is 3.05. The molecule has 0 saturated carbocycles. The molecule has 0 aliphatic heterocycles. The molecule has 0 amide bonds. The zero-order chi connectivity index (χ0) is 14.3. The molecule has 1 heterocycles. The molecular weight excluding hydrogens is 278 g/mol. The van der Waals surface area contributed by atoms with E-state index >= 15 is 0 Å². The number of anilines is 1. The number of nitrogens with one attached hydrogen (secondary N) is 1. The first kappa shape index (κ1) is 13.2. The van der Waals surface area contributed by atoms with Crippen LogP contribution in [0.25, 0.3) is 11.0 Å². The third-order valence-electron chi connectivity index (χ3n) is 3.50. The lowest BCUT2D eigenvalue weighted by molar-refractivity contribution is 0.0971. The summed E-state index contributed by atoms with van der Waals surface area (Å²) in [5.74, 6) is 0.792. The van der Waals surface area contributed by atoms with Gasteiger partial charge in [0.2, 0.25) is 10.0 Å². The molecule has 0 spiro atoms. The summed E-state index contributed by atoms with van der Waals surface area (Å²) < 4.78 is 31.4. The molecule has 6 heteroatoms. The zero-order valence-corrected chi connectivity index (χ0v) is 11.9. The lowest BCUT2D eigenvalue weighted by Gasteiger charge is -2.08. The van der Waals surface area contributed by atoms with Crippen LogP contribution in [-0.2, 0) is 16.4 Å². The first-order chi connectivity index (χ1) is 9.50. The van der Waals surface area contributed by atoms with E-state index in [0.29, 0.717) is 34.4 Å². The summed E-state index contributed by atoms with van der Waals surface area (Å²) in [5.41, 5.74) is 1.70. The Balaban J connectivity index is 2.11. The number of aryl methyl sites for hydroxylation is 1. The first-order valence-electron chi connectivity index (χ1n) is 6.59. The van der Waals surface area contributed by atoms with Crippen LogP contribution in [0.5, 0.6) is 0 Å².